The van der Waals surface area contributed by atoms with Gasteiger partial charge in [-0.25, -0.2) is 0 Å². The minimum atomic E-state index is 0.679. The zero-order valence-corrected chi connectivity index (χ0v) is 10.7. The van der Waals surface area contributed by atoms with Crippen LogP contribution in [0.3, 0.4) is 0 Å². The van der Waals surface area contributed by atoms with Crippen molar-refractivity contribution >= 4 is 17.2 Å². The Morgan fingerprint density at radius 2 is 2.06 bits per heavy atom. The van der Waals surface area contributed by atoms with Crippen LogP contribution in [0.2, 0.25) is 0 Å². The van der Waals surface area contributed by atoms with Gasteiger partial charge in [0.15, 0.2) is 5.82 Å². The van der Waals surface area contributed by atoms with Crippen LogP contribution < -0.4 is 11.1 Å². The van der Waals surface area contributed by atoms with Crippen LogP contribution in [0.25, 0.3) is 0 Å². The molecule has 0 unspecified atom stereocenters. The number of hydrogen-bond acceptors (Lipinski definition) is 4. The first-order valence-corrected chi connectivity index (χ1v) is 5.61. The second-order valence-electron chi connectivity index (χ2n) is 4.11. The Bertz CT molecular complexity index is 536. The first kappa shape index (κ1) is 11.5. The van der Waals surface area contributed by atoms with E-state index < -0.39 is 0 Å². The van der Waals surface area contributed by atoms with Crippen molar-refractivity contribution in [2.75, 3.05) is 11.1 Å². The summed E-state index contributed by atoms with van der Waals surface area (Å²) < 4.78 is 3.54. The van der Waals surface area contributed by atoms with Crippen LogP contribution in [-0.2, 0) is 20.5 Å². The van der Waals surface area contributed by atoms with Crippen LogP contribution in [0, 0.1) is 6.92 Å². The van der Waals surface area contributed by atoms with Gasteiger partial charge in [0.25, 0.3) is 0 Å². The Hall–Kier alpha value is -1.98. The lowest BCUT2D eigenvalue weighted by atomic mass is 10.3. The molecule has 17 heavy (non-hydrogen) atoms. The van der Waals surface area contributed by atoms with Gasteiger partial charge in [-0.15, -0.1) is 0 Å². The Morgan fingerprint density at radius 1 is 1.35 bits per heavy atom. The van der Waals surface area contributed by atoms with Gasteiger partial charge in [0.05, 0.1) is 22.8 Å². The lowest BCUT2D eigenvalue weighted by molar-refractivity contribution is 0.746. The van der Waals surface area contributed by atoms with Gasteiger partial charge < -0.3 is 11.1 Å². The lowest BCUT2D eigenvalue weighted by Crippen LogP contribution is -2.02. The van der Waals surface area contributed by atoms with Crippen molar-refractivity contribution in [2.24, 2.45) is 14.1 Å². The molecule has 2 rings (SSSR count). The molecule has 2 heterocycles. The largest absolute Gasteiger partial charge is 0.394 e. The van der Waals surface area contributed by atoms with Gasteiger partial charge in [0.1, 0.15) is 0 Å². The molecule has 0 aromatic carbocycles. The van der Waals surface area contributed by atoms with Gasteiger partial charge in [-0.3, -0.25) is 9.36 Å². The molecule has 92 valence electrons. The van der Waals surface area contributed by atoms with E-state index in [2.05, 4.69) is 22.4 Å². The molecule has 0 bridgehead atoms. The molecule has 3 N–H and O–H groups in total. The van der Waals surface area contributed by atoms with E-state index in [-0.39, 0.29) is 0 Å². The van der Waals surface area contributed by atoms with Crippen LogP contribution in [0.4, 0.5) is 17.2 Å². The van der Waals surface area contributed by atoms with Crippen molar-refractivity contribution in [1.29, 1.82) is 0 Å². The number of aryl methyl sites for hydroxylation is 4. The highest BCUT2D eigenvalue weighted by molar-refractivity contribution is 5.71. The van der Waals surface area contributed by atoms with Gasteiger partial charge in [-0.05, 0) is 13.3 Å². The van der Waals surface area contributed by atoms with Gasteiger partial charge in [-0.2, -0.15) is 10.2 Å². The van der Waals surface area contributed by atoms with Crippen molar-refractivity contribution < 1.29 is 0 Å². The molecule has 6 nitrogen and oxygen atoms in total. The Kier molecular flexibility index (Phi) is 2.79. The number of aromatic nitrogens is 4. The monoisotopic (exact) mass is 234 g/mol. The van der Waals surface area contributed by atoms with Crippen LogP contribution >= 0.6 is 0 Å². The number of anilines is 3. The third-order valence-corrected chi connectivity index (χ3v) is 2.76. The second-order valence-corrected chi connectivity index (χ2v) is 4.11. The fraction of sp³-hybridized carbons (Fsp3) is 0.455. The van der Waals surface area contributed by atoms with E-state index in [1.807, 2.05) is 27.2 Å². The Labute approximate surface area is 100 Å². The molecule has 0 aliphatic heterocycles. The summed E-state index contributed by atoms with van der Waals surface area (Å²) >= 11 is 0. The molecule has 0 amide bonds. The van der Waals surface area contributed by atoms with E-state index in [0.717, 1.165) is 29.3 Å². The maximum Gasteiger partial charge on any atom is 0.152 e. The van der Waals surface area contributed by atoms with E-state index >= 15 is 0 Å². The van der Waals surface area contributed by atoms with Crippen molar-refractivity contribution in [3.63, 3.8) is 0 Å². The van der Waals surface area contributed by atoms with Crippen LogP contribution in [0.15, 0.2) is 6.20 Å². The molecular weight excluding hydrogens is 216 g/mol. The number of nitrogen functional groups attached to an aromatic ring is 1. The number of rotatable bonds is 3. The lowest BCUT2D eigenvalue weighted by Gasteiger charge is -2.06. The van der Waals surface area contributed by atoms with Gasteiger partial charge in [0, 0.05) is 20.3 Å². The molecule has 0 radical (unpaired) electrons. The molecule has 2 aromatic rings. The number of nitrogens with zero attached hydrogens (tertiary/aromatic N) is 4. The third-order valence-electron chi connectivity index (χ3n) is 2.76. The van der Waals surface area contributed by atoms with E-state index in [9.17, 15) is 0 Å². The molecule has 0 saturated heterocycles. The maximum atomic E-state index is 5.98. The van der Waals surface area contributed by atoms with E-state index in [0.29, 0.717) is 5.69 Å². The molecule has 0 saturated carbocycles. The van der Waals surface area contributed by atoms with Crippen LogP contribution in [0.5, 0.6) is 0 Å². The molecule has 0 fully saturated rings. The number of nitrogens with one attached hydrogen (secondary N) is 1. The zero-order chi connectivity index (χ0) is 12.6. The minimum Gasteiger partial charge on any atom is -0.394 e. The van der Waals surface area contributed by atoms with Crippen molar-refractivity contribution in [3.05, 3.63) is 17.6 Å². The van der Waals surface area contributed by atoms with Crippen LogP contribution in [-0.4, -0.2) is 19.6 Å². The van der Waals surface area contributed by atoms with E-state index in [4.69, 9.17) is 5.73 Å². The molecule has 0 atom stereocenters. The number of nitrogens with two attached hydrogens (primary N) is 1. The average Bonchev–Trinajstić information content (AvgIpc) is 2.74. The summed E-state index contributed by atoms with van der Waals surface area (Å²) in [6.07, 6.45) is 2.82. The van der Waals surface area contributed by atoms with Crippen molar-refractivity contribution in [1.82, 2.24) is 19.6 Å². The minimum absolute atomic E-state index is 0.679. The highest BCUT2D eigenvalue weighted by atomic mass is 15.3. The Balaban J connectivity index is 2.37. The highest BCUT2D eigenvalue weighted by Gasteiger charge is 2.13. The second kappa shape index (κ2) is 4.12. The summed E-state index contributed by atoms with van der Waals surface area (Å²) in [4.78, 5) is 0. The molecule has 0 spiro atoms. The number of hydrogen-bond donors (Lipinski definition) is 2. The van der Waals surface area contributed by atoms with Crippen molar-refractivity contribution in [3.8, 4) is 0 Å². The topological polar surface area (TPSA) is 73.7 Å². The standard InChI is InChI=1S/C11H18N6/c1-5-8-9(6-16(3)15-8)13-11-10(12)7(2)14-17(11)4/h6,13H,5,12H2,1-4H3. The van der Waals surface area contributed by atoms with Crippen molar-refractivity contribution in [2.45, 2.75) is 20.3 Å². The average molecular weight is 234 g/mol. The maximum absolute atomic E-state index is 5.98. The molecule has 0 aliphatic rings. The summed E-state index contributed by atoms with van der Waals surface area (Å²) in [7, 11) is 3.77. The first-order chi connectivity index (χ1) is 8.02. The van der Waals surface area contributed by atoms with E-state index in [1.54, 1.807) is 9.36 Å². The molecule has 2 aromatic heterocycles. The van der Waals surface area contributed by atoms with Gasteiger partial charge in [0.2, 0.25) is 0 Å². The molecule has 0 aliphatic carbocycles. The predicted octanol–water partition coefficient (Wildman–Crippen LogP) is 1.35. The van der Waals surface area contributed by atoms with Gasteiger partial charge in [-0.1, -0.05) is 6.92 Å². The Morgan fingerprint density at radius 3 is 2.59 bits per heavy atom. The zero-order valence-electron chi connectivity index (χ0n) is 10.7. The molecule has 6 heteroatoms. The predicted molar refractivity (Wildman–Crippen MR) is 68.2 cm³/mol. The third kappa shape index (κ3) is 1.98. The highest BCUT2D eigenvalue weighted by Crippen LogP contribution is 2.26. The quantitative estimate of drug-likeness (QED) is 0.840. The summed E-state index contributed by atoms with van der Waals surface area (Å²) in [6, 6.07) is 0. The summed E-state index contributed by atoms with van der Waals surface area (Å²) in [5.74, 6) is 0.810. The van der Waals surface area contributed by atoms with Crippen LogP contribution in [0.1, 0.15) is 18.3 Å². The fourth-order valence-corrected chi connectivity index (χ4v) is 1.85. The summed E-state index contributed by atoms with van der Waals surface area (Å²) in [5.41, 5.74) is 9.48. The molecular formula is C11H18N6. The summed E-state index contributed by atoms with van der Waals surface area (Å²) in [6.45, 7) is 3.97. The fourth-order valence-electron chi connectivity index (χ4n) is 1.85. The normalized spacial score (nSPS) is 10.8. The summed E-state index contributed by atoms with van der Waals surface area (Å²) in [5, 5.41) is 11.9. The SMILES string of the molecule is CCc1nn(C)cc1Nc1c(N)c(C)nn1C. The van der Waals surface area contributed by atoms with Gasteiger partial charge >= 0.3 is 0 Å². The van der Waals surface area contributed by atoms with E-state index in [1.165, 1.54) is 0 Å². The first-order valence-electron chi connectivity index (χ1n) is 5.61. The smallest absolute Gasteiger partial charge is 0.152 e.